The molecule has 0 aliphatic carbocycles. The van der Waals surface area contributed by atoms with Gasteiger partial charge in [0.1, 0.15) is 5.92 Å². The number of nitrogens with zero attached hydrogens (tertiary/aromatic N) is 2. The van der Waals surface area contributed by atoms with Crippen LogP contribution in [0.3, 0.4) is 0 Å². The molecule has 1 unspecified atom stereocenters. The van der Waals surface area contributed by atoms with Gasteiger partial charge in [0.25, 0.3) is 5.91 Å². The number of benzene rings is 2. The van der Waals surface area contributed by atoms with Crippen LogP contribution >= 0.6 is 11.8 Å². The van der Waals surface area contributed by atoms with Gasteiger partial charge in [0, 0.05) is 22.9 Å². The Morgan fingerprint density at radius 1 is 1.15 bits per heavy atom. The molecule has 4 nitrogen and oxygen atoms in total. The molecule has 1 aliphatic heterocycles. The number of nitrogens with one attached hydrogen (secondary N) is 1. The van der Waals surface area contributed by atoms with E-state index in [1.807, 2.05) is 74.5 Å². The Kier molecular flexibility index (Phi) is 6.10. The normalized spacial score (nSPS) is 19.2. The topological polar surface area (TPSA) is 65.2 Å². The van der Waals surface area contributed by atoms with Crippen LogP contribution in [0, 0.1) is 17.2 Å². The average molecular weight is 375 g/mol. The summed E-state index contributed by atoms with van der Waals surface area (Å²) in [5, 5.41) is 13.6. The van der Waals surface area contributed by atoms with Crippen molar-refractivity contribution >= 4 is 28.4 Å². The maximum atomic E-state index is 13.1. The van der Waals surface area contributed by atoms with E-state index in [1.54, 1.807) is 11.8 Å². The minimum Gasteiger partial charge on any atom is -0.322 e. The van der Waals surface area contributed by atoms with Crippen molar-refractivity contribution in [2.45, 2.75) is 19.8 Å². The standard InChI is InChI=1S/C22H21N3OS/c1-3-27-22-18(14-23)20(16-10-6-4-7-11-16)19(15(2)24-22)21(26)25-17-12-8-5-9-13-17/h4-13,18,20H,3H2,1-2H3,(H,25,26)/t18?,20-/m1/s1. The Labute approximate surface area is 164 Å². The quantitative estimate of drug-likeness (QED) is 0.819. The molecule has 2 aromatic carbocycles. The summed E-state index contributed by atoms with van der Waals surface area (Å²) in [6.45, 7) is 3.88. The number of hydrogen-bond acceptors (Lipinski definition) is 4. The molecular formula is C22H21N3OS. The summed E-state index contributed by atoms with van der Waals surface area (Å²) >= 11 is 1.57. The number of carbonyl (C=O) groups is 1. The van der Waals surface area contributed by atoms with Crippen LogP contribution in [0.2, 0.25) is 0 Å². The summed E-state index contributed by atoms with van der Waals surface area (Å²) in [5.41, 5.74) is 2.89. The molecule has 1 amide bonds. The maximum absolute atomic E-state index is 13.1. The predicted octanol–water partition coefficient (Wildman–Crippen LogP) is 4.99. The zero-order chi connectivity index (χ0) is 19.2. The van der Waals surface area contributed by atoms with Gasteiger partial charge in [-0.15, -0.1) is 11.8 Å². The molecule has 0 bridgehead atoms. The first-order valence-corrected chi connectivity index (χ1v) is 9.87. The highest BCUT2D eigenvalue weighted by Gasteiger charge is 2.38. The fraction of sp³-hybridized carbons (Fsp3) is 0.227. The number of aliphatic imine (C=N–C) groups is 1. The summed E-state index contributed by atoms with van der Waals surface area (Å²) in [7, 11) is 0. The molecule has 3 rings (SSSR count). The molecular weight excluding hydrogens is 354 g/mol. The third-order valence-electron chi connectivity index (χ3n) is 4.44. The van der Waals surface area contributed by atoms with Gasteiger partial charge in [-0.2, -0.15) is 5.26 Å². The Morgan fingerprint density at radius 3 is 2.37 bits per heavy atom. The third-order valence-corrected chi connectivity index (χ3v) is 5.37. The minimum absolute atomic E-state index is 0.211. The zero-order valence-electron chi connectivity index (χ0n) is 15.3. The summed E-state index contributed by atoms with van der Waals surface area (Å²) in [6, 6.07) is 21.5. The number of hydrogen-bond donors (Lipinski definition) is 1. The average Bonchev–Trinajstić information content (AvgIpc) is 2.69. The van der Waals surface area contributed by atoms with Gasteiger partial charge in [-0.1, -0.05) is 55.5 Å². The Bertz CT molecular complexity index is 914. The smallest absolute Gasteiger partial charge is 0.254 e. The lowest BCUT2D eigenvalue weighted by atomic mass is 9.78. The van der Waals surface area contributed by atoms with E-state index in [4.69, 9.17) is 0 Å². The largest absolute Gasteiger partial charge is 0.322 e. The van der Waals surface area contributed by atoms with E-state index in [-0.39, 0.29) is 11.8 Å². The summed E-state index contributed by atoms with van der Waals surface area (Å²) in [4.78, 5) is 17.8. The van der Waals surface area contributed by atoms with Crippen LogP contribution < -0.4 is 5.32 Å². The van der Waals surface area contributed by atoms with Crippen molar-refractivity contribution in [3.63, 3.8) is 0 Å². The van der Waals surface area contributed by atoms with Crippen LogP contribution in [0.5, 0.6) is 0 Å². The molecule has 0 aromatic heterocycles. The van der Waals surface area contributed by atoms with E-state index < -0.39 is 5.92 Å². The Balaban J connectivity index is 2.07. The zero-order valence-corrected chi connectivity index (χ0v) is 16.2. The van der Waals surface area contributed by atoms with Gasteiger partial charge in [-0.05, 0) is 30.4 Å². The van der Waals surface area contributed by atoms with Crippen molar-refractivity contribution in [1.29, 1.82) is 5.26 Å². The second-order valence-corrected chi connectivity index (χ2v) is 7.48. The predicted molar refractivity (Wildman–Crippen MR) is 112 cm³/mol. The highest BCUT2D eigenvalue weighted by Crippen LogP contribution is 2.41. The maximum Gasteiger partial charge on any atom is 0.254 e. The first-order valence-electron chi connectivity index (χ1n) is 8.88. The number of thioether (sulfide) groups is 1. The molecule has 1 aliphatic rings. The van der Waals surface area contributed by atoms with Gasteiger partial charge in [-0.3, -0.25) is 4.79 Å². The lowest BCUT2D eigenvalue weighted by molar-refractivity contribution is -0.113. The van der Waals surface area contributed by atoms with Crippen LogP contribution in [0.1, 0.15) is 25.3 Å². The summed E-state index contributed by atoms with van der Waals surface area (Å²) in [6.07, 6.45) is 0. The molecule has 2 atom stereocenters. The molecule has 5 heteroatoms. The second kappa shape index (κ2) is 8.70. The van der Waals surface area contributed by atoms with E-state index in [0.29, 0.717) is 11.3 Å². The first kappa shape index (κ1) is 18.9. The highest BCUT2D eigenvalue weighted by molar-refractivity contribution is 8.14. The molecule has 1 N–H and O–H groups in total. The highest BCUT2D eigenvalue weighted by atomic mass is 32.2. The lowest BCUT2D eigenvalue weighted by Crippen LogP contribution is -2.31. The van der Waals surface area contributed by atoms with Gasteiger partial charge in [0.15, 0.2) is 0 Å². The number of rotatable bonds is 4. The van der Waals surface area contributed by atoms with Crippen molar-refractivity contribution < 1.29 is 4.79 Å². The van der Waals surface area contributed by atoms with Crippen LogP contribution in [-0.4, -0.2) is 16.7 Å². The Morgan fingerprint density at radius 2 is 1.78 bits per heavy atom. The van der Waals surface area contributed by atoms with Gasteiger partial charge in [0.05, 0.1) is 11.1 Å². The van der Waals surface area contributed by atoms with Crippen molar-refractivity contribution in [2.24, 2.45) is 10.9 Å². The monoisotopic (exact) mass is 375 g/mol. The van der Waals surface area contributed by atoms with Gasteiger partial charge < -0.3 is 5.32 Å². The Hall–Kier alpha value is -2.84. The van der Waals surface area contributed by atoms with Crippen molar-refractivity contribution in [1.82, 2.24) is 0 Å². The fourth-order valence-corrected chi connectivity index (χ4v) is 4.14. The van der Waals surface area contributed by atoms with E-state index in [0.717, 1.165) is 22.0 Å². The minimum atomic E-state index is -0.474. The van der Waals surface area contributed by atoms with E-state index in [9.17, 15) is 10.1 Å². The van der Waals surface area contributed by atoms with Crippen molar-refractivity contribution in [3.8, 4) is 6.07 Å². The summed E-state index contributed by atoms with van der Waals surface area (Å²) in [5.74, 6) is -0.196. The SMILES string of the molecule is CCSC1=NC(C)=C(C(=O)Nc2ccccc2)[C@H](c2ccccc2)C1C#N. The fourth-order valence-electron chi connectivity index (χ4n) is 3.27. The molecule has 1 heterocycles. The molecule has 0 spiro atoms. The summed E-state index contributed by atoms with van der Waals surface area (Å²) < 4.78 is 0. The number of anilines is 1. The third kappa shape index (κ3) is 4.12. The van der Waals surface area contributed by atoms with E-state index >= 15 is 0 Å². The molecule has 2 aromatic rings. The van der Waals surface area contributed by atoms with Crippen LogP contribution in [0.15, 0.2) is 76.9 Å². The number of nitriles is 1. The molecule has 0 radical (unpaired) electrons. The molecule has 136 valence electrons. The first-order chi connectivity index (χ1) is 13.2. The van der Waals surface area contributed by atoms with E-state index in [1.165, 1.54) is 0 Å². The van der Waals surface area contributed by atoms with Gasteiger partial charge in [0.2, 0.25) is 0 Å². The van der Waals surface area contributed by atoms with Gasteiger partial charge in [-0.25, -0.2) is 4.99 Å². The van der Waals surface area contributed by atoms with Gasteiger partial charge >= 0.3 is 0 Å². The van der Waals surface area contributed by atoms with Crippen molar-refractivity contribution in [3.05, 3.63) is 77.5 Å². The second-order valence-electron chi connectivity index (χ2n) is 6.20. The van der Waals surface area contributed by atoms with Crippen molar-refractivity contribution in [2.75, 3.05) is 11.1 Å². The number of carbonyl (C=O) groups excluding carboxylic acids is 1. The van der Waals surface area contributed by atoms with Crippen LogP contribution in [0.25, 0.3) is 0 Å². The number of amides is 1. The van der Waals surface area contributed by atoms with Crippen LogP contribution in [0.4, 0.5) is 5.69 Å². The lowest BCUT2D eigenvalue weighted by Gasteiger charge is -2.30. The number of para-hydroxylation sites is 1. The number of allylic oxidation sites excluding steroid dienone is 1. The molecule has 0 saturated carbocycles. The van der Waals surface area contributed by atoms with Crippen LogP contribution in [-0.2, 0) is 4.79 Å². The van der Waals surface area contributed by atoms with E-state index in [2.05, 4.69) is 16.4 Å². The molecule has 0 fully saturated rings. The molecule has 27 heavy (non-hydrogen) atoms. The molecule has 0 saturated heterocycles.